The van der Waals surface area contributed by atoms with E-state index in [2.05, 4.69) is 7.05 Å². The van der Waals surface area contributed by atoms with E-state index >= 15 is 0 Å². The summed E-state index contributed by atoms with van der Waals surface area (Å²) in [4.78, 5) is 3.72. The first-order chi connectivity index (χ1) is 10.6. The smallest absolute Gasteiger partial charge is 0.243 e. The number of nitrogens with zero attached hydrogens (tertiary/aromatic N) is 1. The molecule has 0 aliphatic carbocycles. The highest BCUT2D eigenvalue weighted by Crippen LogP contribution is 2.19. The number of piperidine rings is 1. The van der Waals surface area contributed by atoms with Gasteiger partial charge in [-0.2, -0.15) is 4.31 Å². The molecule has 2 N–H and O–H groups in total. The molecule has 3 rings (SSSR count). The number of hydrogen-bond acceptors (Lipinski definition) is 2. The quantitative estimate of drug-likeness (QED) is 0.693. The van der Waals surface area contributed by atoms with E-state index < -0.39 is 10.0 Å². The summed E-state index contributed by atoms with van der Waals surface area (Å²) in [6, 6.07) is 9.44. The normalized spacial score (nSPS) is 28.6. The van der Waals surface area contributed by atoms with Crippen molar-refractivity contribution in [3.63, 3.8) is 0 Å². The van der Waals surface area contributed by atoms with E-state index in [0.29, 0.717) is 24.0 Å². The summed E-state index contributed by atoms with van der Waals surface area (Å²) in [6.45, 7) is 6.24. The van der Waals surface area contributed by atoms with Gasteiger partial charge in [0.25, 0.3) is 0 Å². The third kappa shape index (κ3) is 3.35. The van der Waals surface area contributed by atoms with Gasteiger partial charge in [-0.15, -0.1) is 0 Å². The van der Waals surface area contributed by atoms with E-state index in [1.807, 2.05) is 6.07 Å². The Morgan fingerprint density at radius 1 is 1.00 bits per heavy atom. The van der Waals surface area contributed by atoms with Crippen LogP contribution in [0.25, 0.3) is 0 Å². The largest absolute Gasteiger partial charge is 0.328 e. The van der Waals surface area contributed by atoms with Gasteiger partial charge in [-0.1, -0.05) is 18.2 Å². The van der Waals surface area contributed by atoms with Gasteiger partial charge in [-0.05, 0) is 12.1 Å². The molecule has 2 saturated heterocycles. The summed E-state index contributed by atoms with van der Waals surface area (Å²) in [5.74, 6) is 0. The molecule has 2 fully saturated rings. The van der Waals surface area contributed by atoms with Crippen molar-refractivity contribution in [2.45, 2.75) is 23.8 Å². The lowest BCUT2D eigenvalue weighted by Gasteiger charge is -2.37. The van der Waals surface area contributed by atoms with E-state index in [9.17, 15) is 8.42 Å². The van der Waals surface area contributed by atoms with Gasteiger partial charge in [0.05, 0.1) is 18.0 Å². The molecule has 2 aliphatic rings. The van der Waals surface area contributed by atoms with E-state index in [-0.39, 0.29) is 0 Å². The van der Waals surface area contributed by atoms with Gasteiger partial charge < -0.3 is 9.80 Å². The minimum Gasteiger partial charge on any atom is -0.328 e. The molecule has 122 valence electrons. The first-order valence-electron chi connectivity index (χ1n) is 8.28. The van der Waals surface area contributed by atoms with Gasteiger partial charge in [-0.3, -0.25) is 0 Å². The van der Waals surface area contributed by atoms with Crippen LogP contribution in [0.5, 0.6) is 0 Å². The number of likely N-dealkylation sites (N-methyl/N-ethyl adjacent to an activating group) is 1. The van der Waals surface area contributed by atoms with Crippen LogP contribution in [-0.2, 0) is 10.0 Å². The summed E-state index contributed by atoms with van der Waals surface area (Å²) in [7, 11) is -1.05. The standard InChI is InChI=1S/C16H25N3O2S/c1-17-11-13-18(14-12-17)15-7-9-19(10-8-15)22(20,21)16-5-3-2-4-6-16/h2-6,15H,7-14H2,1H3/p+2. The molecule has 1 aromatic rings. The fraction of sp³-hybridized carbons (Fsp3) is 0.625. The number of benzene rings is 1. The molecule has 2 aliphatic heterocycles. The van der Waals surface area contributed by atoms with Gasteiger partial charge >= 0.3 is 0 Å². The summed E-state index contributed by atoms with van der Waals surface area (Å²) >= 11 is 0. The molecule has 0 unspecified atom stereocenters. The van der Waals surface area contributed by atoms with Crippen molar-refractivity contribution in [2.24, 2.45) is 0 Å². The molecule has 2 heterocycles. The minimum absolute atomic E-state index is 0.420. The number of rotatable bonds is 3. The Morgan fingerprint density at radius 3 is 2.18 bits per heavy atom. The number of quaternary nitrogens is 2. The van der Waals surface area contributed by atoms with Gasteiger partial charge in [0.2, 0.25) is 10.0 Å². The zero-order chi connectivity index (χ0) is 15.6. The predicted octanol–water partition coefficient (Wildman–Crippen LogP) is -1.75. The van der Waals surface area contributed by atoms with Crippen LogP contribution >= 0.6 is 0 Å². The first-order valence-corrected chi connectivity index (χ1v) is 9.72. The molecule has 6 heteroatoms. The number of nitrogens with one attached hydrogen (secondary N) is 2. The summed E-state index contributed by atoms with van der Waals surface area (Å²) in [5, 5.41) is 0. The number of hydrogen-bond donors (Lipinski definition) is 2. The zero-order valence-corrected chi connectivity index (χ0v) is 14.1. The molecule has 0 saturated carbocycles. The third-order valence-electron chi connectivity index (χ3n) is 5.16. The Hall–Kier alpha value is -0.950. The topological polar surface area (TPSA) is 46.3 Å². The zero-order valence-electron chi connectivity index (χ0n) is 13.3. The molecule has 0 spiro atoms. The van der Waals surface area contributed by atoms with Crippen molar-refractivity contribution >= 4 is 10.0 Å². The third-order valence-corrected chi connectivity index (χ3v) is 7.07. The van der Waals surface area contributed by atoms with Crippen LogP contribution < -0.4 is 9.80 Å². The second-order valence-electron chi connectivity index (χ2n) is 6.61. The lowest BCUT2D eigenvalue weighted by atomic mass is 10.0. The van der Waals surface area contributed by atoms with Crippen molar-refractivity contribution < 1.29 is 18.2 Å². The molecule has 0 bridgehead atoms. The Kier molecular flexibility index (Phi) is 4.82. The molecule has 5 nitrogen and oxygen atoms in total. The first kappa shape index (κ1) is 15.9. The Bertz CT molecular complexity index is 575. The summed E-state index contributed by atoms with van der Waals surface area (Å²) in [6.07, 6.45) is 1.97. The lowest BCUT2D eigenvalue weighted by Crippen LogP contribution is -3.28. The molecule has 0 aromatic heterocycles. The van der Waals surface area contributed by atoms with Crippen LogP contribution in [0.3, 0.4) is 0 Å². The van der Waals surface area contributed by atoms with Gasteiger partial charge in [0.15, 0.2) is 0 Å². The van der Waals surface area contributed by atoms with E-state index in [4.69, 9.17) is 0 Å². The maximum Gasteiger partial charge on any atom is 0.243 e. The van der Waals surface area contributed by atoms with Crippen molar-refractivity contribution in [2.75, 3.05) is 46.3 Å². The minimum atomic E-state index is -3.31. The molecular formula is C16H27N3O2S+2. The summed E-state index contributed by atoms with van der Waals surface area (Å²) < 4.78 is 26.9. The van der Waals surface area contributed by atoms with Gasteiger partial charge in [0, 0.05) is 25.9 Å². The molecule has 0 amide bonds. The van der Waals surface area contributed by atoms with E-state index in [0.717, 1.165) is 12.8 Å². The van der Waals surface area contributed by atoms with Crippen LogP contribution in [0.1, 0.15) is 12.8 Å². The highest BCUT2D eigenvalue weighted by atomic mass is 32.2. The molecule has 22 heavy (non-hydrogen) atoms. The molecular weight excluding hydrogens is 298 g/mol. The highest BCUT2D eigenvalue weighted by Gasteiger charge is 2.35. The van der Waals surface area contributed by atoms with Gasteiger partial charge in [-0.25, -0.2) is 8.42 Å². The predicted molar refractivity (Wildman–Crippen MR) is 85.5 cm³/mol. The summed E-state index contributed by atoms with van der Waals surface area (Å²) in [5.41, 5.74) is 0. The van der Waals surface area contributed by atoms with Crippen molar-refractivity contribution in [3.8, 4) is 0 Å². The Balaban J connectivity index is 1.60. The second-order valence-corrected chi connectivity index (χ2v) is 8.54. The maximum absolute atomic E-state index is 12.6. The number of sulfonamides is 1. The second kappa shape index (κ2) is 6.66. The highest BCUT2D eigenvalue weighted by molar-refractivity contribution is 7.89. The van der Waals surface area contributed by atoms with Crippen molar-refractivity contribution in [3.05, 3.63) is 30.3 Å². The Labute approximate surface area is 133 Å². The van der Waals surface area contributed by atoms with Crippen LogP contribution in [0, 0.1) is 0 Å². The number of piperazine rings is 1. The molecule has 1 aromatic carbocycles. The van der Waals surface area contributed by atoms with Crippen LogP contribution in [0.4, 0.5) is 0 Å². The molecule has 0 radical (unpaired) electrons. The fourth-order valence-electron chi connectivity index (χ4n) is 3.65. The Morgan fingerprint density at radius 2 is 1.59 bits per heavy atom. The van der Waals surface area contributed by atoms with Crippen molar-refractivity contribution in [1.29, 1.82) is 0 Å². The van der Waals surface area contributed by atoms with E-state index in [1.165, 1.54) is 26.2 Å². The van der Waals surface area contributed by atoms with Gasteiger partial charge in [0.1, 0.15) is 26.2 Å². The monoisotopic (exact) mass is 325 g/mol. The van der Waals surface area contributed by atoms with Crippen molar-refractivity contribution in [1.82, 2.24) is 4.31 Å². The maximum atomic E-state index is 12.6. The van der Waals surface area contributed by atoms with E-state index in [1.54, 1.807) is 38.4 Å². The lowest BCUT2D eigenvalue weighted by molar-refractivity contribution is -1.02. The SMILES string of the molecule is C[NH+]1CC[NH+](C2CCN(S(=O)(=O)c3ccccc3)CC2)CC1. The fourth-order valence-corrected chi connectivity index (χ4v) is 5.14. The van der Waals surface area contributed by atoms with Crippen LogP contribution in [-0.4, -0.2) is 65.1 Å². The van der Waals surface area contributed by atoms with Crippen LogP contribution in [0.2, 0.25) is 0 Å². The van der Waals surface area contributed by atoms with Crippen LogP contribution in [0.15, 0.2) is 35.2 Å². The average Bonchev–Trinajstić information content (AvgIpc) is 2.56. The molecule has 0 atom stereocenters. The average molecular weight is 325 g/mol.